The minimum atomic E-state index is 0.0457. The van der Waals surface area contributed by atoms with E-state index in [1.165, 1.54) is 0 Å². The van der Waals surface area contributed by atoms with Gasteiger partial charge >= 0.3 is 0 Å². The number of carbonyl (C=O) groups is 1. The number of amides is 1. The van der Waals surface area contributed by atoms with Gasteiger partial charge in [-0.25, -0.2) is 0 Å². The third-order valence-corrected chi connectivity index (χ3v) is 2.94. The molecule has 1 atom stereocenters. The molecule has 3 N–H and O–H groups in total. The molecule has 0 aliphatic carbocycles. The maximum absolute atomic E-state index is 11.5. The van der Waals surface area contributed by atoms with Gasteiger partial charge in [0.2, 0.25) is 5.91 Å². The highest BCUT2D eigenvalue weighted by Gasteiger charge is 2.05. The van der Waals surface area contributed by atoms with Gasteiger partial charge in [-0.15, -0.1) is 0 Å². The third-order valence-electron chi connectivity index (χ3n) is 2.69. The van der Waals surface area contributed by atoms with Gasteiger partial charge in [-0.1, -0.05) is 25.1 Å². The van der Waals surface area contributed by atoms with E-state index in [-0.39, 0.29) is 11.9 Å². The first-order valence-corrected chi connectivity index (χ1v) is 6.92. The molecule has 1 aromatic carbocycles. The Morgan fingerprint density at radius 2 is 2.00 bits per heavy atom. The lowest BCUT2D eigenvalue weighted by molar-refractivity contribution is -0.121. The number of carbonyl (C=O) groups excluding carboxylic acids is 1. The van der Waals surface area contributed by atoms with Crippen molar-refractivity contribution in [2.45, 2.75) is 32.7 Å². The largest absolute Gasteiger partial charge is 0.362 e. The van der Waals surface area contributed by atoms with E-state index in [0.29, 0.717) is 18.1 Å². The normalized spacial score (nSPS) is 11.5. The van der Waals surface area contributed by atoms with Crippen LogP contribution in [0, 0.1) is 0 Å². The zero-order valence-electron chi connectivity index (χ0n) is 11.4. The van der Waals surface area contributed by atoms with Crippen molar-refractivity contribution in [2.75, 3.05) is 11.9 Å². The Bertz CT molecular complexity index is 408. The molecule has 0 aromatic heterocycles. The summed E-state index contributed by atoms with van der Waals surface area (Å²) in [7, 11) is 0. The van der Waals surface area contributed by atoms with Gasteiger partial charge in [-0.05, 0) is 37.7 Å². The number of nitrogens with one attached hydrogen (secondary N) is 3. The van der Waals surface area contributed by atoms with Crippen LogP contribution in [0.2, 0.25) is 0 Å². The fraction of sp³-hybridized carbons (Fsp3) is 0.429. The van der Waals surface area contributed by atoms with E-state index in [2.05, 4.69) is 16.0 Å². The Morgan fingerprint density at radius 1 is 1.32 bits per heavy atom. The van der Waals surface area contributed by atoms with Crippen LogP contribution in [0.5, 0.6) is 0 Å². The maximum Gasteiger partial charge on any atom is 0.221 e. The highest BCUT2D eigenvalue weighted by molar-refractivity contribution is 7.80. The zero-order valence-corrected chi connectivity index (χ0v) is 12.2. The second kappa shape index (κ2) is 8.48. The quantitative estimate of drug-likeness (QED) is 0.699. The summed E-state index contributed by atoms with van der Waals surface area (Å²) in [6, 6.07) is 9.91. The lowest BCUT2D eigenvalue weighted by atomic mass is 10.2. The summed E-state index contributed by atoms with van der Waals surface area (Å²) in [6.45, 7) is 4.57. The van der Waals surface area contributed by atoms with Crippen molar-refractivity contribution in [3.8, 4) is 0 Å². The van der Waals surface area contributed by atoms with Gasteiger partial charge in [0.15, 0.2) is 5.11 Å². The van der Waals surface area contributed by atoms with Gasteiger partial charge in [0.25, 0.3) is 0 Å². The van der Waals surface area contributed by atoms with Crippen molar-refractivity contribution in [1.82, 2.24) is 10.6 Å². The molecular formula is C14H21N3OS. The predicted molar refractivity (Wildman–Crippen MR) is 83.2 cm³/mol. The van der Waals surface area contributed by atoms with E-state index in [1.54, 1.807) is 0 Å². The molecular weight excluding hydrogens is 258 g/mol. The average Bonchev–Trinajstić information content (AvgIpc) is 2.39. The van der Waals surface area contributed by atoms with Crippen LogP contribution < -0.4 is 16.0 Å². The second-order valence-corrected chi connectivity index (χ2v) is 4.78. The Morgan fingerprint density at radius 3 is 2.63 bits per heavy atom. The highest BCUT2D eigenvalue weighted by atomic mass is 32.1. The van der Waals surface area contributed by atoms with Gasteiger partial charge < -0.3 is 16.0 Å². The molecule has 1 rings (SSSR count). The van der Waals surface area contributed by atoms with Crippen molar-refractivity contribution in [3.63, 3.8) is 0 Å². The average molecular weight is 279 g/mol. The second-order valence-electron chi connectivity index (χ2n) is 4.37. The van der Waals surface area contributed by atoms with Gasteiger partial charge in [-0.3, -0.25) is 4.79 Å². The summed E-state index contributed by atoms with van der Waals surface area (Å²) in [5.74, 6) is 0.0457. The minimum Gasteiger partial charge on any atom is -0.362 e. The smallest absolute Gasteiger partial charge is 0.221 e. The molecule has 0 spiro atoms. The Hall–Kier alpha value is -1.62. The van der Waals surface area contributed by atoms with Crippen molar-refractivity contribution in [2.24, 2.45) is 0 Å². The molecule has 1 aromatic rings. The lowest BCUT2D eigenvalue weighted by Gasteiger charge is -2.13. The van der Waals surface area contributed by atoms with E-state index >= 15 is 0 Å². The summed E-state index contributed by atoms with van der Waals surface area (Å²) < 4.78 is 0. The van der Waals surface area contributed by atoms with Crippen LogP contribution in [0.4, 0.5) is 5.69 Å². The van der Waals surface area contributed by atoms with Crippen molar-refractivity contribution in [1.29, 1.82) is 0 Å². The molecule has 1 unspecified atom stereocenters. The fourth-order valence-corrected chi connectivity index (χ4v) is 1.66. The number of para-hydroxylation sites is 1. The van der Waals surface area contributed by atoms with Crippen LogP contribution in [-0.4, -0.2) is 23.6 Å². The van der Waals surface area contributed by atoms with E-state index in [4.69, 9.17) is 12.2 Å². The summed E-state index contributed by atoms with van der Waals surface area (Å²) in [6.07, 6.45) is 1.36. The van der Waals surface area contributed by atoms with Crippen molar-refractivity contribution in [3.05, 3.63) is 30.3 Å². The number of benzene rings is 1. The molecule has 0 heterocycles. The molecule has 0 radical (unpaired) electrons. The molecule has 0 aliphatic heterocycles. The molecule has 19 heavy (non-hydrogen) atoms. The molecule has 0 saturated carbocycles. The maximum atomic E-state index is 11.5. The van der Waals surface area contributed by atoms with Crippen LogP contribution in [0.3, 0.4) is 0 Å². The molecule has 4 nitrogen and oxygen atoms in total. The Labute approximate surface area is 120 Å². The van der Waals surface area contributed by atoms with Gasteiger partial charge in [0.05, 0.1) is 0 Å². The van der Waals surface area contributed by atoms with Crippen LogP contribution in [-0.2, 0) is 4.79 Å². The van der Waals surface area contributed by atoms with Crippen molar-refractivity contribution >= 4 is 28.9 Å². The third kappa shape index (κ3) is 6.76. The summed E-state index contributed by atoms with van der Waals surface area (Å²) in [5, 5.41) is 9.51. The Balaban J connectivity index is 2.19. The summed E-state index contributed by atoms with van der Waals surface area (Å²) >= 11 is 5.14. The lowest BCUT2D eigenvalue weighted by Crippen LogP contribution is -2.36. The first kappa shape index (κ1) is 15.4. The first-order chi connectivity index (χ1) is 9.11. The number of thiocarbonyl (C=S) groups is 1. The molecule has 0 saturated heterocycles. The molecule has 5 heteroatoms. The van der Waals surface area contributed by atoms with Crippen LogP contribution >= 0.6 is 12.2 Å². The SMILES string of the molecule is CCC(C)NC(=O)CCNC(=S)Nc1ccccc1. The standard InChI is InChI=1S/C14H21N3OS/c1-3-11(2)16-13(18)9-10-15-14(19)17-12-7-5-4-6-8-12/h4-8,11H,3,9-10H2,1-2H3,(H,16,18)(H2,15,17,19). The summed E-state index contributed by atoms with van der Waals surface area (Å²) in [4.78, 5) is 11.5. The molecule has 1 amide bonds. The zero-order chi connectivity index (χ0) is 14.1. The number of hydrogen-bond donors (Lipinski definition) is 3. The van der Waals surface area contributed by atoms with E-state index < -0.39 is 0 Å². The molecule has 0 fully saturated rings. The highest BCUT2D eigenvalue weighted by Crippen LogP contribution is 2.04. The van der Waals surface area contributed by atoms with Crippen molar-refractivity contribution < 1.29 is 4.79 Å². The fourth-order valence-electron chi connectivity index (χ4n) is 1.44. The van der Waals surface area contributed by atoms with E-state index in [1.807, 2.05) is 44.2 Å². The van der Waals surface area contributed by atoms with Gasteiger partial charge in [-0.2, -0.15) is 0 Å². The predicted octanol–water partition coefficient (Wildman–Crippen LogP) is 2.28. The monoisotopic (exact) mass is 279 g/mol. The summed E-state index contributed by atoms with van der Waals surface area (Å²) in [5.41, 5.74) is 0.934. The van der Waals surface area contributed by atoms with Crippen LogP contribution in [0.1, 0.15) is 26.7 Å². The topological polar surface area (TPSA) is 53.2 Å². The Kier molecular flexibility index (Phi) is 6.89. The van der Waals surface area contributed by atoms with Crippen LogP contribution in [0.25, 0.3) is 0 Å². The number of rotatable bonds is 6. The molecule has 0 aliphatic rings. The van der Waals surface area contributed by atoms with E-state index in [9.17, 15) is 4.79 Å². The molecule has 104 valence electrons. The first-order valence-electron chi connectivity index (χ1n) is 6.51. The minimum absolute atomic E-state index is 0.0457. The molecule has 0 bridgehead atoms. The number of anilines is 1. The van der Waals surface area contributed by atoms with Crippen LogP contribution in [0.15, 0.2) is 30.3 Å². The van der Waals surface area contributed by atoms with Gasteiger partial charge in [0, 0.05) is 24.7 Å². The van der Waals surface area contributed by atoms with Gasteiger partial charge in [0.1, 0.15) is 0 Å². The van der Waals surface area contributed by atoms with E-state index in [0.717, 1.165) is 12.1 Å². The number of hydrogen-bond acceptors (Lipinski definition) is 2.